The molecule has 0 aliphatic rings. The molecule has 0 bridgehead atoms. The first-order valence-corrected chi connectivity index (χ1v) is 35.1. The highest BCUT2D eigenvalue weighted by Gasteiger charge is 2.19. The zero-order chi connectivity index (χ0) is 57.1. The molecule has 0 heterocycles. The van der Waals surface area contributed by atoms with Crippen LogP contribution in [0.1, 0.15) is 380 Å². The van der Waals surface area contributed by atoms with Gasteiger partial charge in [0.1, 0.15) is 13.2 Å². The van der Waals surface area contributed by atoms with E-state index < -0.39 is 6.10 Å². The summed E-state index contributed by atoms with van der Waals surface area (Å²) in [6, 6.07) is 0. The van der Waals surface area contributed by atoms with Crippen molar-refractivity contribution in [3.8, 4) is 0 Å². The summed E-state index contributed by atoms with van der Waals surface area (Å²) >= 11 is 0. The van der Waals surface area contributed by atoms with E-state index in [0.717, 1.165) is 83.5 Å². The minimum Gasteiger partial charge on any atom is -0.462 e. The quantitative estimate of drug-likeness (QED) is 0.0261. The Morgan fingerprint density at radius 2 is 0.494 bits per heavy atom. The van der Waals surface area contributed by atoms with Gasteiger partial charge in [0.05, 0.1) is 0 Å². The lowest BCUT2D eigenvalue weighted by Gasteiger charge is -2.18. The van der Waals surface area contributed by atoms with E-state index in [-0.39, 0.29) is 31.1 Å². The Morgan fingerprint density at radius 1 is 0.266 bits per heavy atom. The van der Waals surface area contributed by atoms with E-state index in [1.807, 2.05) is 0 Å². The summed E-state index contributed by atoms with van der Waals surface area (Å²) in [5, 5.41) is 0. The average Bonchev–Trinajstić information content (AvgIpc) is 3.45. The molecule has 0 saturated heterocycles. The number of carbonyl (C=O) groups excluding carboxylic acids is 3. The molecule has 0 aliphatic carbocycles. The molecule has 0 amide bonds. The Morgan fingerprint density at radius 3 is 0.772 bits per heavy atom. The van der Waals surface area contributed by atoms with E-state index in [1.165, 1.54) is 257 Å². The molecule has 0 saturated carbocycles. The summed E-state index contributed by atoms with van der Waals surface area (Å²) in [6.45, 7) is 6.61. The molecule has 0 aliphatic heterocycles. The Bertz CT molecular complexity index is 1360. The monoisotopic (exact) mass is 1110 g/mol. The molecule has 79 heavy (non-hydrogen) atoms. The van der Waals surface area contributed by atoms with Gasteiger partial charge in [0, 0.05) is 19.3 Å². The van der Waals surface area contributed by atoms with E-state index in [2.05, 4.69) is 69.4 Å². The molecule has 0 fully saturated rings. The first-order chi connectivity index (χ1) is 39.0. The van der Waals surface area contributed by atoms with Crippen molar-refractivity contribution in [3.63, 3.8) is 0 Å². The third kappa shape index (κ3) is 66.1. The molecule has 0 aromatic carbocycles. The van der Waals surface area contributed by atoms with Crippen molar-refractivity contribution in [1.82, 2.24) is 0 Å². The second-order valence-corrected chi connectivity index (χ2v) is 23.8. The zero-order valence-electron chi connectivity index (χ0n) is 53.2. The predicted octanol–water partition coefficient (Wildman–Crippen LogP) is 24.1. The molecule has 0 N–H and O–H groups in total. The van der Waals surface area contributed by atoms with Crippen molar-refractivity contribution in [2.45, 2.75) is 386 Å². The Balaban J connectivity index is 4.31. The highest BCUT2D eigenvalue weighted by molar-refractivity contribution is 5.71. The van der Waals surface area contributed by atoms with Gasteiger partial charge in [0.2, 0.25) is 0 Å². The number of hydrogen-bond donors (Lipinski definition) is 0. The summed E-state index contributed by atoms with van der Waals surface area (Å²) in [5.41, 5.74) is 0. The molecule has 0 aromatic heterocycles. The van der Waals surface area contributed by atoms with Crippen LogP contribution in [-0.2, 0) is 28.6 Å². The van der Waals surface area contributed by atoms with Crippen LogP contribution in [0.2, 0.25) is 0 Å². The number of esters is 3. The maximum Gasteiger partial charge on any atom is 0.306 e. The van der Waals surface area contributed by atoms with Gasteiger partial charge in [-0.15, -0.1) is 0 Å². The van der Waals surface area contributed by atoms with E-state index in [9.17, 15) is 14.4 Å². The van der Waals surface area contributed by atoms with Gasteiger partial charge in [-0.1, -0.05) is 352 Å². The minimum atomic E-state index is -0.773. The molecule has 0 rings (SSSR count). The molecular weight excluding hydrogens is 973 g/mol. The fourth-order valence-electron chi connectivity index (χ4n) is 10.6. The minimum absolute atomic E-state index is 0.0680. The number of allylic oxidation sites excluding steroid dienone is 8. The zero-order valence-corrected chi connectivity index (χ0v) is 53.2. The van der Waals surface area contributed by atoms with Gasteiger partial charge in [-0.05, 0) is 57.8 Å². The fraction of sp³-hybridized carbons (Fsp3) is 0.849. The first-order valence-electron chi connectivity index (χ1n) is 35.1. The summed E-state index contributed by atoms with van der Waals surface area (Å²) in [6.07, 6.45) is 85.6. The maximum atomic E-state index is 13.0. The van der Waals surface area contributed by atoms with Crippen molar-refractivity contribution in [1.29, 1.82) is 0 Å². The number of ether oxygens (including phenoxy) is 3. The molecule has 462 valence electrons. The summed E-state index contributed by atoms with van der Waals surface area (Å²) < 4.78 is 17.0. The van der Waals surface area contributed by atoms with Crippen LogP contribution in [0.15, 0.2) is 48.6 Å². The van der Waals surface area contributed by atoms with Crippen molar-refractivity contribution >= 4 is 17.9 Å². The van der Waals surface area contributed by atoms with E-state index in [1.54, 1.807) is 0 Å². The van der Waals surface area contributed by atoms with Crippen LogP contribution < -0.4 is 0 Å². The third-order valence-electron chi connectivity index (χ3n) is 15.8. The van der Waals surface area contributed by atoms with Crippen LogP contribution in [0.4, 0.5) is 0 Å². The van der Waals surface area contributed by atoms with E-state index in [4.69, 9.17) is 14.2 Å². The van der Waals surface area contributed by atoms with Gasteiger partial charge in [0.15, 0.2) is 6.10 Å². The van der Waals surface area contributed by atoms with Crippen LogP contribution in [0, 0.1) is 0 Å². The average molecular weight is 1110 g/mol. The van der Waals surface area contributed by atoms with Crippen molar-refractivity contribution in [2.24, 2.45) is 0 Å². The Kier molecular flexibility index (Phi) is 65.6. The summed E-state index contributed by atoms with van der Waals surface area (Å²) in [4.78, 5) is 38.5. The van der Waals surface area contributed by atoms with Gasteiger partial charge < -0.3 is 14.2 Å². The van der Waals surface area contributed by atoms with Crippen molar-refractivity contribution < 1.29 is 28.6 Å². The molecule has 6 heteroatoms. The molecule has 0 radical (unpaired) electrons. The number of carbonyl (C=O) groups is 3. The van der Waals surface area contributed by atoms with Gasteiger partial charge in [0.25, 0.3) is 0 Å². The van der Waals surface area contributed by atoms with E-state index in [0.29, 0.717) is 19.3 Å². The Labute approximate surface area is 492 Å². The molecule has 6 nitrogen and oxygen atoms in total. The van der Waals surface area contributed by atoms with Crippen LogP contribution >= 0.6 is 0 Å². The molecule has 1 atom stereocenters. The van der Waals surface area contributed by atoms with Gasteiger partial charge in [-0.3, -0.25) is 14.4 Å². The van der Waals surface area contributed by atoms with Crippen LogP contribution in [0.5, 0.6) is 0 Å². The predicted molar refractivity (Wildman–Crippen MR) is 344 cm³/mol. The summed E-state index contributed by atoms with van der Waals surface area (Å²) in [5.74, 6) is -0.842. The number of unbranched alkanes of at least 4 members (excludes halogenated alkanes) is 46. The van der Waals surface area contributed by atoms with Crippen LogP contribution in [-0.4, -0.2) is 37.2 Å². The van der Waals surface area contributed by atoms with Crippen LogP contribution in [0.25, 0.3) is 0 Å². The van der Waals surface area contributed by atoms with Crippen molar-refractivity contribution in [2.75, 3.05) is 13.2 Å². The third-order valence-corrected chi connectivity index (χ3v) is 15.8. The molecule has 1 unspecified atom stereocenters. The Hall–Kier alpha value is -2.63. The smallest absolute Gasteiger partial charge is 0.306 e. The maximum absolute atomic E-state index is 13.0. The standard InChI is InChI=1S/C73H134O6/c1-4-7-10-13-16-19-22-25-28-31-33-35-36-38-39-42-45-48-51-54-57-60-63-66-72(75)78-69-70(68-77-71(74)65-62-59-56-53-50-47-44-41-30-27-24-21-18-15-12-9-6-3)79-73(76)67-64-61-58-55-52-49-46-43-40-37-34-32-29-26-23-20-17-14-11-8-5-2/h7,10,16,19,25,28,33,35,70H,4-6,8-9,11-15,17-18,20-24,26-27,29-32,34,36-69H2,1-3H3/b10-7-,19-16-,28-25-,35-33-. The second-order valence-electron chi connectivity index (χ2n) is 23.8. The highest BCUT2D eigenvalue weighted by atomic mass is 16.6. The molecule has 0 spiro atoms. The topological polar surface area (TPSA) is 78.9 Å². The SMILES string of the molecule is CC/C=C\C/C=C\C/C=C\C/C=C\CCCCCCCCCCCCC(=O)OCC(COC(=O)CCCCCCCCCCCCCCCCCCC)OC(=O)CCCCCCCCCCCCCCCCCCCCCCC. The van der Waals surface area contributed by atoms with Gasteiger partial charge >= 0.3 is 17.9 Å². The van der Waals surface area contributed by atoms with Gasteiger partial charge in [-0.25, -0.2) is 0 Å². The highest BCUT2D eigenvalue weighted by Crippen LogP contribution is 2.19. The lowest BCUT2D eigenvalue weighted by atomic mass is 10.0. The normalized spacial score (nSPS) is 12.3. The molecule has 0 aromatic rings. The lowest BCUT2D eigenvalue weighted by molar-refractivity contribution is -0.167. The molecular formula is C73H134O6. The number of rotatable bonds is 65. The van der Waals surface area contributed by atoms with Crippen LogP contribution in [0.3, 0.4) is 0 Å². The largest absolute Gasteiger partial charge is 0.462 e. The lowest BCUT2D eigenvalue weighted by Crippen LogP contribution is -2.30. The fourth-order valence-corrected chi connectivity index (χ4v) is 10.6. The van der Waals surface area contributed by atoms with E-state index >= 15 is 0 Å². The second kappa shape index (κ2) is 67.9. The summed E-state index contributed by atoms with van der Waals surface area (Å²) in [7, 11) is 0. The van der Waals surface area contributed by atoms with Gasteiger partial charge in [-0.2, -0.15) is 0 Å². The first kappa shape index (κ1) is 76.4. The number of hydrogen-bond acceptors (Lipinski definition) is 6. The van der Waals surface area contributed by atoms with Crippen molar-refractivity contribution in [3.05, 3.63) is 48.6 Å².